The highest BCUT2D eigenvalue weighted by atomic mass is 16.2. The number of hydrogen-bond acceptors (Lipinski definition) is 4. The molecule has 0 saturated heterocycles. The van der Waals surface area contributed by atoms with Crippen LogP contribution in [0.3, 0.4) is 0 Å². The van der Waals surface area contributed by atoms with Gasteiger partial charge in [-0.2, -0.15) is 0 Å². The Labute approximate surface area is 177 Å². The fraction of sp³-hybridized carbons (Fsp3) is 0.348. The maximum Gasteiger partial charge on any atom is 0.251 e. The zero-order chi connectivity index (χ0) is 21.8. The molecule has 30 heavy (non-hydrogen) atoms. The van der Waals surface area contributed by atoms with Gasteiger partial charge in [0.25, 0.3) is 11.8 Å². The van der Waals surface area contributed by atoms with Gasteiger partial charge in [-0.3, -0.25) is 14.4 Å². The molecule has 2 aromatic rings. The summed E-state index contributed by atoms with van der Waals surface area (Å²) >= 11 is 0. The number of amides is 3. The minimum absolute atomic E-state index is 0.0841. The lowest BCUT2D eigenvalue weighted by atomic mass is 10.2. The predicted molar refractivity (Wildman–Crippen MR) is 120 cm³/mol. The van der Waals surface area contributed by atoms with Crippen molar-refractivity contribution in [3.8, 4) is 0 Å². The fourth-order valence-corrected chi connectivity index (χ4v) is 2.65. The van der Waals surface area contributed by atoms with Gasteiger partial charge < -0.3 is 21.3 Å². The van der Waals surface area contributed by atoms with Crippen LogP contribution in [0.25, 0.3) is 0 Å². The van der Waals surface area contributed by atoms with Crippen molar-refractivity contribution in [1.82, 2.24) is 10.6 Å². The average molecular weight is 411 g/mol. The van der Waals surface area contributed by atoms with Gasteiger partial charge >= 0.3 is 0 Å². The third kappa shape index (κ3) is 7.58. The second kappa shape index (κ2) is 12.3. The van der Waals surface area contributed by atoms with Crippen molar-refractivity contribution in [2.75, 3.05) is 30.3 Å². The molecule has 7 nitrogen and oxygen atoms in total. The van der Waals surface area contributed by atoms with Crippen LogP contribution in [0.15, 0.2) is 48.5 Å². The Hall–Kier alpha value is -3.35. The van der Waals surface area contributed by atoms with Crippen LogP contribution in [0.2, 0.25) is 0 Å². The Morgan fingerprint density at radius 3 is 1.77 bits per heavy atom. The summed E-state index contributed by atoms with van der Waals surface area (Å²) in [5.74, 6) is -0.432. The molecule has 4 N–H and O–H groups in total. The highest BCUT2D eigenvalue weighted by Gasteiger charge is 2.07. The summed E-state index contributed by atoms with van der Waals surface area (Å²) in [7, 11) is 0. The molecule has 160 valence electrons. The maximum absolute atomic E-state index is 12.2. The first-order valence-corrected chi connectivity index (χ1v) is 10.3. The molecule has 0 bridgehead atoms. The number of hydrogen-bond donors (Lipinski definition) is 4. The minimum atomic E-state index is -0.209. The van der Waals surface area contributed by atoms with Crippen LogP contribution in [-0.4, -0.2) is 37.4 Å². The molecule has 3 amide bonds. The van der Waals surface area contributed by atoms with E-state index >= 15 is 0 Å². The van der Waals surface area contributed by atoms with Crippen LogP contribution in [-0.2, 0) is 4.79 Å². The molecule has 0 aliphatic rings. The lowest BCUT2D eigenvalue weighted by molar-refractivity contribution is -0.114. The molecular formula is C23H30N4O3. The van der Waals surface area contributed by atoms with E-state index in [0.717, 1.165) is 24.9 Å². The van der Waals surface area contributed by atoms with Crippen molar-refractivity contribution < 1.29 is 14.4 Å². The van der Waals surface area contributed by atoms with E-state index in [1.165, 1.54) is 0 Å². The number of benzene rings is 2. The van der Waals surface area contributed by atoms with Crippen LogP contribution in [0.1, 0.15) is 53.8 Å². The van der Waals surface area contributed by atoms with E-state index in [9.17, 15) is 14.4 Å². The molecule has 0 radical (unpaired) electrons. The van der Waals surface area contributed by atoms with Gasteiger partial charge in [-0.1, -0.05) is 20.3 Å². The highest BCUT2D eigenvalue weighted by Crippen LogP contribution is 2.11. The van der Waals surface area contributed by atoms with Crippen molar-refractivity contribution in [2.45, 2.75) is 33.1 Å². The van der Waals surface area contributed by atoms with Crippen LogP contribution >= 0.6 is 0 Å². The van der Waals surface area contributed by atoms with Crippen LogP contribution in [0.5, 0.6) is 0 Å². The van der Waals surface area contributed by atoms with Gasteiger partial charge in [-0.15, -0.1) is 0 Å². The minimum Gasteiger partial charge on any atom is -0.376 e. The molecule has 0 saturated carbocycles. The quantitative estimate of drug-likeness (QED) is 0.427. The van der Waals surface area contributed by atoms with Gasteiger partial charge in [0.2, 0.25) is 5.91 Å². The van der Waals surface area contributed by atoms with Gasteiger partial charge in [-0.05, 0) is 61.4 Å². The SMILES string of the molecule is CCCCNC(=O)c1ccc(NCC(=O)Nc2ccc(C(=O)NCCC)cc2)cc1. The standard InChI is InChI=1S/C23H30N4O3/c1-3-5-15-25-23(30)17-6-10-19(11-7-17)26-16-21(28)27-20-12-8-18(9-13-20)22(29)24-14-4-2/h6-13,26H,3-5,14-16H2,1-2H3,(H,24,29)(H,25,30)(H,27,28). The van der Waals surface area contributed by atoms with E-state index in [2.05, 4.69) is 28.2 Å². The molecule has 7 heteroatoms. The normalized spacial score (nSPS) is 10.2. The van der Waals surface area contributed by atoms with E-state index in [1.807, 2.05) is 6.92 Å². The molecular weight excluding hydrogens is 380 g/mol. The summed E-state index contributed by atoms with van der Waals surface area (Å²) < 4.78 is 0. The molecule has 0 aromatic heterocycles. The topological polar surface area (TPSA) is 99.3 Å². The first-order chi connectivity index (χ1) is 14.5. The summed E-state index contributed by atoms with van der Waals surface area (Å²) in [6.45, 7) is 5.45. The van der Waals surface area contributed by atoms with Crippen molar-refractivity contribution in [3.63, 3.8) is 0 Å². The molecule has 0 aliphatic carbocycles. The molecule has 0 spiro atoms. The third-order valence-electron chi connectivity index (χ3n) is 4.38. The molecule has 2 rings (SSSR count). The monoisotopic (exact) mass is 410 g/mol. The molecule has 0 atom stereocenters. The second-order valence-corrected chi connectivity index (χ2v) is 6.92. The lowest BCUT2D eigenvalue weighted by Crippen LogP contribution is -2.24. The second-order valence-electron chi connectivity index (χ2n) is 6.92. The van der Waals surface area contributed by atoms with Gasteiger partial charge in [0, 0.05) is 35.6 Å². The van der Waals surface area contributed by atoms with E-state index in [1.54, 1.807) is 48.5 Å². The first kappa shape index (κ1) is 22.9. The van der Waals surface area contributed by atoms with Crippen LogP contribution < -0.4 is 21.3 Å². The molecule has 0 unspecified atom stereocenters. The Balaban J connectivity index is 1.79. The first-order valence-electron chi connectivity index (χ1n) is 10.3. The zero-order valence-corrected chi connectivity index (χ0v) is 17.6. The molecule has 2 aromatic carbocycles. The highest BCUT2D eigenvalue weighted by molar-refractivity contribution is 5.97. The number of nitrogens with one attached hydrogen (secondary N) is 4. The molecule has 0 heterocycles. The van der Waals surface area contributed by atoms with Crippen molar-refractivity contribution in [3.05, 3.63) is 59.7 Å². The number of unbranched alkanes of at least 4 members (excludes halogenated alkanes) is 1. The largest absolute Gasteiger partial charge is 0.376 e. The van der Waals surface area contributed by atoms with E-state index in [-0.39, 0.29) is 24.3 Å². The van der Waals surface area contributed by atoms with Crippen molar-refractivity contribution in [1.29, 1.82) is 0 Å². The van der Waals surface area contributed by atoms with Crippen molar-refractivity contribution in [2.24, 2.45) is 0 Å². The number of carbonyl (C=O) groups excluding carboxylic acids is 3. The fourth-order valence-electron chi connectivity index (χ4n) is 2.65. The zero-order valence-electron chi connectivity index (χ0n) is 17.6. The molecule has 0 fully saturated rings. The van der Waals surface area contributed by atoms with Crippen molar-refractivity contribution >= 4 is 29.1 Å². The Morgan fingerprint density at radius 2 is 1.23 bits per heavy atom. The Kier molecular flexibility index (Phi) is 9.37. The van der Waals surface area contributed by atoms with Crippen LogP contribution in [0, 0.1) is 0 Å². The van der Waals surface area contributed by atoms with Gasteiger partial charge in [0.1, 0.15) is 0 Å². The summed E-state index contributed by atoms with van der Waals surface area (Å²) in [6.07, 6.45) is 2.86. The number of rotatable bonds is 11. The van der Waals surface area contributed by atoms with Gasteiger partial charge in [0.05, 0.1) is 6.54 Å². The summed E-state index contributed by atoms with van der Waals surface area (Å²) in [5.41, 5.74) is 2.51. The van der Waals surface area contributed by atoms with E-state index < -0.39 is 0 Å². The summed E-state index contributed by atoms with van der Waals surface area (Å²) in [4.78, 5) is 36.0. The average Bonchev–Trinajstić information content (AvgIpc) is 2.77. The maximum atomic E-state index is 12.2. The van der Waals surface area contributed by atoms with E-state index in [4.69, 9.17) is 0 Å². The third-order valence-corrected chi connectivity index (χ3v) is 4.38. The number of anilines is 2. The number of carbonyl (C=O) groups is 3. The van der Waals surface area contributed by atoms with E-state index in [0.29, 0.717) is 29.9 Å². The van der Waals surface area contributed by atoms with Gasteiger partial charge in [0.15, 0.2) is 0 Å². The molecule has 0 aliphatic heterocycles. The summed E-state index contributed by atoms with van der Waals surface area (Å²) in [5, 5.41) is 11.5. The Bertz CT molecular complexity index is 833. The smallest absolute Gasteiger partial charge is 0.251 e. The van der Waals surface area contributed by atoms with Crippen LogP contribution in [0.4, 0.5) is 11.4 Å². The lowest BCUT2D eigenvalue weighted by Gasteiger charge is -2.10. The van der Waals surface area contributed by atoms with Gasteiger partial charge in [-0.25, -0.2) is 0 Å². The predicted octanol–water partition coefficient (Wildman–Crippen LogP) is 3.41. The summed E-state index contributed by atoms with van der Waals surface area (Å²) in [6, 6.07) is 13.7. The Morgan fingerprint density at radius 1 is 0.700 bits per heavy atom.